The summed E-state index contributed by atoms with van der Waals surface area (Å²) in [5, 5.41) is 16.5. The molecular formula is C6H11NO3. The largest absolute Gasteiger partial charge is 0.478 e. The van der Waals surface area contributed by atoms with Crippen LogP contribution >= 0.6 is 0 Å². The summed E-state index contributed by atoms with van der Waals surface area (Å²) < 4.78 is 0. The predicted octanol–water partition coefficient (Wildman–Crippen LogP) is -0.491. The van der Waals surface area contributed by atoms with E-state index in [-0.39, 0.29) is 6.61 Å². The average molecular weight is 145 g/mol. The minimum Gasteiger partial charge on any atom is -0.478 e. The zero-order chi connectivity index (χ0) is 7.98. The van der Waals surface area contributed by atoms with Crippen LogP contribution in [0.5, 0.6) is 0 Å². The van der Waals surface area contributed by atoms with E-state index in [9.17, 15) is 4.79 Å². The molecule has 4 heteroatoms. The maximum absolute atomic E-state index is 9.93. The van der Waals surface area contributed by atoms with Gasteiger partial charge in [0.05, 0.1) is 6.61 Å². The van der Waals surface area contributed by atoms with E-state index in [0.29, 0.717) is 6.54 Å². The van der Waals surface area contributed by atoms with Gasteiger partial charge in [-0.05, 0) is 0 Å². The number of nitrogens with zero attached hydrogens (tertiary/aromatic N) is 1. The summed E-state index contributed by atoms with van der Waals surface area (Å²) in [6, 6.07) is 0. The van der Waals surface area contributed by atoms with Crippen molar-refractivity contribution >= 4 is 5.97 Å². The lowest BCUT2D eigenvalue weighted by molar-refractivity contribution is -0.131. The lowest BCUT2D eigenvalue weighted by atomic mass is 10.5. The lowest BCUT2D eigenvalue weighted by Gasteiger charge is -2.09. The smallest absolute Gasteiger partial charge is 0.329 e. The summed E-state index contributed by atoms with van der Waals surface area (Å²) in [7, 11) is 1.69. The maximum Gasteiger partial charge on any atom is 0.329 e. The summed E-state index contributed by atoms with van der Waals surface area (Å²) in [5.41, 5.74) is 0. The summed E-state index contributed by atoms with van der Waals surface area (Å²) in [5.74, 6) is -0.982. The number of aliphatic carboxylic acids is 1. The van der Waals surface area contributed by atoms with E-state index in [1.165, 1.54) is 6.20 Å². The molecule has 0 aromatic heterocycles. The van der Waals surface area contributed by atoms with Crippen LogP contribution in [0.25, 0.3) is 0 Å². The minimum absolute atomic E-state index is 0.0282. The van der Waals surface area contributed by atoms with Crippen molar-refractivity contribution in [2.24, 2.45) is 0 Å². The molecule has 0 aliphatic carbocycles. The molecular weight excluding hydrogens is 134 g/mol. The van der Waals surface area contributed by atoms with Gasteiger partial charge in [-0.1, -0.05) is 0 Å². The first-order valence-corrected chi connectivity index (χ1v) is 2.89. The fourth-order valence-electron chi connectivity index (χ4n) is 0.423. The molecule has 0 aliphatic heterocycles. The van der Waals surface area contributed by atoms with Gasteiger partial charge >= 0.3 is 5.97 Å². The van der Waals surface area contributed by atoms with Gasteiger partial charge in [-0.3, -0.25) is 0 Å². The Bertz CT molecular complexity index is 133. The number of rotatable bonds is 4. The van der Waals surface area contributed by atoms with Gasteiger partial charge in [-0.15, -0.1) is 0 Å². The van der Waals surface area contributed by atoms with Crippen LogP contribution in [0.4, 0.5) is 0 Å². The first-order chi connectivity index (χ1) is 4.66. The molecule has 2 N–H and O–H groups in total. The third kappa shape index (κ3) is 5.11. The molecule has 10 heavy (non-hydrogen) atoms. The fraction of sp³-hybridized carbons (Fsp3) is 0.500. The van der Waals surface area contributed by atoms with Gasteiger partial charge in [-0.2, -0.15) is 0 Å². The number of aliphatic hydroxyl groups excluding tert-OH is 1. The molecule has 0 amide bonds. The number of carbonyl (C=O) groups is 1. The molecule has 4 nitrogen and oxygen atoms in total. The van der Waals surface area contributed by atoms with Crippen molar-refractivity contribution in [3.05, 3.63) is 12.3 Å². The average Bonchev–Trinajstić information content (AvgIpc) is 1.85. The Morgan fingerprint density at radius 2 is 2.30 bits per heavy atom. The van der Waals surface area contributed by atoms with Crippen LogP contribution in [0.2, 0.25) is 0 Å². The van der Waals surface area contributed by atoms with Crippen molar-refractivity contribution in [1.82, 2.24) is 4.90 Å². The quantitative estimate of drug-likeness (QED) is 0.524. The molecule has 0 rings (SSSR count). The van der Waals surface area contributed by atoms with Gasteiger partial charge in [0.15, 0.2) is 0 Å². The first-order valence-electron chi connectivity index (χ1n) is 2.89. The summed E-state index contributed by atoms with van der Waals surface area (Å²) in [4.78, 5) is 11.5. The van der Waals surface area contributed by atoms with Gasteiger partial charge < -0.3 is 15.1 Å². The van der Waals surface area contributed by atoms with E-state index >= 15 is 0 Å². The summed E-state index contributed by atoms with van der Waals surface area (Å²) in [6.45, 7) is 0.476. The molecule has 0 radical (unpaired) electrons. The lowest BCUT2D eigenvalue weighted by Crippen LogP contribution is -2.15. The third-order valence-electron chi connectivity index (χ3n) is 0.924. The van der Waals surface area contributed by atoms with Crippen molar-refractivity contribution < 1.29 is 15.0 Å². The molecule has 0 aromatic rings. The Morgan fingerprint density at radius 3 is 2.70 bits per heavy atom. The third-order valence-corrected chi connectivity index (χ3v) is 0.924. The fourth-order valence-corrected chi connectivity index (χ4v) is 0.423. The SMILES string of the molecule is CN(C=CC(=O)O)CCO. The second kappa shape index (κ2) is 4.81. The van der Waals surface area contributed by atoms with Crippen molar-refractivity contribution in [1.29, 1.82) is 0 Å². The zero-order valence-electron chi connectivity index (χ0n) is 5.82. The van der Waals surface area contributed by atoms with Gasteiger partial charge in [0.25, 0.3) is 0 Å². The highest BCUT2D eigenvalue weighted by Gasteiger charge is 1.89. The first kappa shape index (κ1) is 8.97. The predicted molar refractivity (Wildman–Crippen MR) is 36.5 cm³/mol. The van der Waals surface area contributed by atoms with Crippen LogP contribution in [0.3, 0.4) is 0 Å². The van der Waals surface area contributed by atoms with Crippen LogP contribution in [0.15, 0.2) is 12.3 Å². The van der Waals surface area contributed by atoms with Crippen molar-refractivity contribution in [3.63, 3.8) is 0 Å². The molecule has 0 atom stereocenters. The molecule has 0 heterocycles. The molecule has 0 bridgehead atoms. The highest BCUT2D eigenvalue weighted by molar-refractivity contribution is 5.79. The molecule has 58 valence electrons. The normalized spacial score (nSPS) is 10.2. The second-order valence-electron chi connectivity index (χ2n) is 1.86. The standard InChI is InChI=1S/C6H11NO3/c1-7(4-5-8)3-2-6(9)10/h2-3,8H,4-5H2,1H3,(H,9,10). The Kier molecular flexibility index (Phi) is 4.32. The second-order valence-corrected chi connectivity index (χ2v) is 1.86. The highest BCUT2D eigenvalue weighted by atomic mass is 16.4. The Labute approximate surface area is 59.4 Å². The topological polar surface area (TPSA) is 60.8 Å². The van der Waals surface area contributed by atoms with Crippen LogP contribution in [-0.4, -0.2) is 41.3 Å². The van der Waals surface area contributed by atoms with E-state index < -0.39 is 5.97 Å². The summed E-state index contributed by atoms with van der Waals surface area (Å²) >= 11 is 0. The van der Waals surface area contributed by atoms with E-state index in [4.69, 9.17) is 10.2 Å². The zero-order valence-corrected chi connectivity index (χ0v) is 5.82. The number of hydrogen-bond acceptors (Lipinski definition) is 3. The van der Waals surface area contributed by atoms with Gasteiger partial charge in [-0.25, -0.2) is 4.79 Å². The van der Waals surface area contributed by atoms with Crippen molar-refractivity contribution in [2.45, 2.75) is 0 Å². The molecule has 0 fully saturated rings. The van der Waals surface area contributed by atoms with Gasteiger partial charge in [0.2, 0.25) is 0 Å². The molecule has 0 spiro atoms. The molecule has 0 saturated carbocycles. The van der Waals surface area contributed by atoms with E-state index in [1.807, 2.05) is 0 Å². The van der Waals surface area contributed by atoms with Crippen LogP contribution < -0.4 is 0 Å². The number of likely N-dealkylation sites (N-methyl/N-ethyl adjacent to an activating group) is 1. The highest BCUT2D eigenvalue weighted by Crippen LogP contribution is 1.82. The van der Waals surface area contributed by atoms with E-state index in [2.05, 4.69) is 0 Å². The molecule has 0 saturated heterocycles. The maximum atomic E-state index is 9.93. The summed E-state index contributed by atoms with van der Waals surface area (Å²) in [6.07, 6.45) is 2.42. The van der Waals surface area contributed by atoms with Crippen molar-refractivity contribution in [2.75, 3.05) is 20.2 Å². The molecule has 0 aromatic carbocycles. The number of carboxylic acids is 1. The van der Waals surface area contributed by atoms with Crippen LogP contribution in [-0.2, 0) is 4.79 Å². The van der Waals surface area contributed by atoms with Crippen LogP contribution in [0, 0.1) is 0 Å². The Balaban J connectivity index is 3.55. The van der Waals surface area contributed by atoms with E-state index in [0.717, 1.165) is 6.08 Å². The Hall–Kier alpha value is -1.03. The van der Waals surface area contributed by atoms with Crippen molar-refractivity contribution in [3.8, 4) is 0 Å². The number of aliphatic hydroxyl groups is 1. The Morgan fingerprint density at radius 1 is 1.70 bits per heavy atom. The monoisotopic (exact) mass is 145 g/mol. The number of hydrogen-bond donors (Lipinski definition) is 2. The number of carboxylic acid groups (broad SMARTS) is 1. The molecule has 0 aliphatic rings. The van der Waals surface area contributed by atoms with Gasteiger partial charge in [0.1, 0.15) is 0 Å². The molecule has 0 unspecified atom stereocenters. The van der Waals surface area contributed by atoms with E-state index in [1.54, 1.807) is 11.9 Å². The minimum atomic E-state index is -0.982. The van der Waals surface area contributed by atoms with Crippen LogP contribution in [0.1, 0.15) is 0 Å². The van der Waals surface area contributed by atoms with Gasteiger partial charge in [0, 0.05) is 25.9 Å².